The number of aromatic amines is 1. The van der Waals surface area contributed by atoms with Crippen molar-refractivity contribution in [2.75, 3.05) is 13.1 Å². The van der Waals surface area contributed by atoms with E-state index in [1.807, 2.05) is 29.7 Å². The molecule has 1 heterocycles. The Labute approximate surface area is 163 Å². The predicted octanol–water partition coefficient (Wildman–Crippen LogP) is 1.60. The topological polar surface area (TPSA) is 109 Å². The van der Waals surface area contributed by atoms with Gasteiger partial charge in [-0.3, -0.25) is 9.89 Å². The molecule has 0 fully saturated rings. The number of carbonyl (C=O) groups excluding carboxylic acids is 1. The minimum Gasteiger partial charge on any atom is -0.356 e. The van der Waals surface area contributed by atoms with Crippen LogP contribution in [0.2, 0.25) is 0 Å². The molecule has 0 unspecified atom stereocenters. The molecule has 27 heavy (non-hydrogen) atoms. The van der Waals surface area contributed by atoms with Crippen molar-refractivity contribution in [2.24, 2.45) is 0 Å². The van der Waals surface area contributed by atoms with Gasteiger partial charge >= 0.3 is 0 Å². The third kappa shape index (κ3) is 7.08. The second kappa shape index (κ2) is 10.1. The third-order valence-corrected chi connectivity index (χ3v) is 5.13. The highest BCUT2D eigenvalue weighted by Gasteiger charge is 2.08. The summed E-state index contributed by atoms with van der Waals surface area (Å²) in [4.78, 5) is 11.8. The smallest absolute Gasteiger partial charge is 0.233 e. The van der Waals surface area contributed by atoms with E-state index in [1.54, 1.807) is 12.1 Å². The summed E-state index contributed by atoms with van der Waals surface area (Å²) in [5.41, 5.74) is 0.783. The largest absolute Gasteiger partial charge is 0.356 e. The number of hydrogen-bond acceptors (Lipinski definition) is 5. The number of sulfonamides is 1. The molecule has 1 aromatic carbocycles. The molecular formula is C17H23N5O3S2. The molecule has 0 aliphatic carbocycles. The van der Waals surface area contributed by atoms with Crippen molar-refractivity contribution in [3.8, 4) is 0 Å². The van der Waals surface area contributed by atoms with Crippen LogP contribution in [0.1, 0.15) is 24.7 Å². The number of aromatic nitrogens is 3. The summed E-state index contributed by atoms with van der Waals surface area (Å²) in [6.45, 7) is 3.10. The van der Waals surface area contributed by atoms with Crippen molar-refractivity contribution in [2.45, 2.75) is 26.3 Å². The molecule has 0 saturated carbocycles. The molecule has 0 spiro atoms. The summed E-state index contributed by atoms with van der Waals surface area (Å²) >= 11 is 5.11. The van der Waals surface area contributed by atoms with Crippen LogP contribution in [-0.4, -0.2) is 42.2 Å². The van der Waals surface area contributed by atoms with E-state index in [4.69, 9.17) is 12.2 Å². The van der Waals surface area contributed by atoms with Gasteiger partial charge in [-0.25, -0.2) is 13.1 Å². The number of nitrogens with one attached hydrogen (secondary N) is 3. The number of rotatable bonds is 10. The van der Waals surface area contributed by atoms with Crippen LogP contribution in [0, 0.1) is 4.77 Å². The zero-order valence-corrected chi connectivity index (χ0v) is 16.6. The number of H-pyrrole nitrogens is 1. The van der Waals surface area contributed by atoms with Gasteiger partial charge in [0.05, 0.1) is 0 Å². The number of carbonyl (C=O) groups is 1. The zero-order valence-electron chi connectivity index (χ0n) is 15.0. The van der Waals surface area contributed by atoms with Gasteiger partial charge in [0, 0.05) is 37.9 Å². The maximum Gasteiger partial charge on any atom is 0.233 e. The Morgan fingerprint density at radius 1 is 1.30 bits per heavy atom. The second-order valence-electron chi connectivity index (χ2n) is 5.69. The fraction of sp³-hybridized carbons (Fsp3) is 0.353. The van der Waals surface area contributed by atoms with Crippen LogP contribution < -0.4 is 10.0 Å². The van der Waals surface area contributed by atoms with E-state index in [-0.39, 0.29) is 18.9 Å². The Hall–Kier alpha value is -2.30. The molecule has 0 atom stereocenters. The molecule has 10 heteroatoms. The third-order valence-electron chi connectivity index (χ3n) is 3.72. The molecule has 0 radical (unpaired) electrons. The van der Waals surface area contributed by atoms with Crippen LogP contribution in [0.5, 0.6) is 0 Å². The molecular weight excluding hydrogens is 386 g/mol. The molecule has 0 aliphatic heterocycles. The molecule has 0 aliphatic rings. The average Bonchev–Trinajstić information content (AvgIpc) is 3.00. The maximum atomic E-state index is 11.9. The molecule has 2 rings (SSSR count). The first-order valence-corrected chi connectivity index (χ1v) is 10.5. The summed E-state index contributed by atoms with van der Waals surface area (Å²) < 4.78 is 28.6. The molecule has 0 bridgehead atoms. The number of amides is 1. The lowest BCUT2D eigenvalue weighted by molar-refractivity contribution is -0.120. The number of nitrogens with zero attached hydrogens (tertiary/aromatic N) is 2. The van der Waals surface area contributed by atoms with Crippen LogP contribution in [0.3, 0.4) is 0 Å². The highest BCUT2D eigenvalue weighted by molar-refractivity contribution is 7.92. The number of benzene rings is 1. The van der Waals surface area contributed by atoms with Gasteiger partial charge in [-0.15, -0.1) is 0 Å². The lowest BCUT2D eigenvalue weighted by Crippen LogP contribution is -2.31. The summed E-state index contributed by atoms with van der Waals surface area (Å²) in [5, 5.41) is 10.7. The average molecular weight is 410 g/mol. The van der Waals surface area contributed by atoms with Crippen molar-refractivity contribution in [1.29, 1.82) is 0 Å². The van der Waals surface area contributed by atoms with Crippen LogP contribution in [0.25, 0.3) is 6.08 Å². The van der Waals surface area contributed by atoms with Gasteiger partial charge in [-0.2, -0.15) is 5.10 Å². The normalized spacial score (nSPS) is 11.7. The number of hydrogen-bond donors (Lipinski definition) is 3. The zero-order chi connectivity index (χ0) is 19.7. The van der Waals surface area contributed by atoms with Crippen LogP contribution >= 0.6 is 12.2 Å². The quantitative estimate of drug-likeness (QED) is 0.517. The molecule has 1 amide bonds. The van der Waals surface area contributed by atoms with Crippen LogP contribution in [-0.2, 0) is 27.8 Å². The SMILES string of the molecule is CCn1c(CCNC(=O)CCNS(=O)(=O)/C=C/c2ccccc2)n[nH]c1=S. The first kappa shape index (κ1) is 21.0. The summed E-state index contributed by atoms with van der Waals surface area (Å²) in [6, 6.07) is 9.10. The fourth-order valence-electron chi connectivity index (χ4n) is 2.36. The van der Waals surface area contributed by atoms with Gasteiger partial charge in [0.2, 0.25) is 15.9 Å². The van der Waals surface area contributed by atoms with E-state index in [2.05, 4.69) is 20.2 Å². The van der Waals surface area contributed by atoms with Gasteiger partial charge < -0.3 is 9.88 Å². The highest BCUT2D eigenvalue weighted by Crippen LogP contribution is 2.02. The first-order valence-electron chi connectivity index (χ1n) is 8.55. The molecule has 2 aromatic rings. The van der Waals surface area contributed by atoms with E-state index in [0.717, 1.165) is 16.8 Å². The molecule has 3 N–H and O–H groups in total. The summed E-state index contributed by atoms with van der Waals surface area (Å²) in [5.74, 6) is 0.538. The Morgan fingerprint density at radius 3 is 2.74 bits per heavy atom. The lowest BCUT2D eigenvalue weighted by Gasteiger charge is -2.06. The van der Waals surface area contributed by atoms with Crippen LogP contribution in [0.15, 0.2) is 35.7 Å². The van der Waals surface area contributed by atoms with Crippen molar-refractivity contribution in [3.63, 3.8) is 0 Å². The monoisotopic (exact) mass is 409 g/mol. The maximum absolute atomic E-state index is 11.9. The lowest BCUT2D eigenvalue weighted by atomic mass is 10.2. The van der Waals surface area contributed by atoms with E-state index in [9.17, 15) is 13.2 Å². The molecule has 0 saturated heterocycles. The van der Waals surface area contributed by atoms with Gasteiger partial charge in [-0.1, -0.05) is 30.3 Å². The summed E-state index contributed by atoms with van der Waals surface area (Å²) in [7, 11) is -3.58. The minimum absolute atomic E-state index is 0.0287. The van der Waals surface area contributed by atoms with E-state index in [0.29, 0.717) is 24.3 Å². The van der Waals surface area contributed by atoms with Crippen molar-refractivity contribution in [1.82, 2.24) is 24.8 Å². The standard InChI is InChI=1S/C17H23N5O3S2/c1-2-22-15(20-21-17(22)26)8-11-18-16(23)9-12-19-27(24,25)13-10-14-6-4-3-5-7-14/h3-7,10,13,19H,2,8-9,11-12H2,1H3,(H,18,23)(H,21,26)/b13-10+. The van der Waals surface area contributed by atoms with Gasteiger partial charge in [0.25, 0.3) is 0 Å². The molecule has 146 valence electrons. The van der Waals surface area contributed by atoms with Crippen molar-refractivity contribution in [3.05, 3.63) is 51.9 Å². The van der Waals surface area contributed by atoms with E-state index in [1.165, 1.54) is 6.08 Å². The fourth-order valence-corrected chi connectivity index (χ4v) is 3.46. The predicted molar refractivity (Wildman–Crippen MR) is 107 cm³/mol. The van der Waals surface area contributed by atoms with E-state index >= 15 is 0 Å². The Balaban J connectivity index is 1.70. The summed E-state index contributed by atoms with van der Waals surface area (Å²) in [6.07, 6.45) is 2.10. The molecule has 8 nitrogen and oxygen atoms in total. The van der Waals surface area contributed by atoms with Gasteiger partial charge in [0.15, 0.2) is 4.77 Å². The van der Waals surface area contributed by atoms with Gasteiger partial charge in [-0.05, 0) is 30.8 Å². The Kier molecular flexibility index (Phi) is 7.89. The Morgan fingerprint density at radius 2 is 2.04 bits per heavy atom. The highest BCUT2D eigenvalue weighted by atomic mass is 32.2. The first-order chi connectivity index (χ1) is 12.9. The van der Waals surface area contributed by atoms with E-state index < -0.39 is 10.0 Å². The second-order valence-corrected chi connectivity index (χ2v) is 7.73. The molecule has 1 aromatic heterocycles. The Bertz CT molecular complexity index is 933. The van der Waals surface area contributed by atoms with Crippen molar-refractivity contribution >= 4 is 34.2 Å². The minimum atomic E-state index is -3.58. The van der Waals surface area contributed by atoms with Gasteiger partial charge in [0.1, 0.15) is 5.82 Å². The van der Waals surface area contributed by atoms with Crippen molar-refractivity contribution < 1.29 is 13.2 Å². The van der Waals surface area contributed by atoms with Crippen LogP contribution in [0.4, 0.5) is 0 Å².